The van der Waals surface area contributed by atoms with Gasteiger partial charge in [0.05, 0.1) is 35.5 Å². The normalized spacial score (nSPS) is 11.9. The van der Waals surface area contributed by atoms with E-state index >= 15 is 0 Å². The van der Waals surface area contributed by atoms with Crippen molar-refractivity contribution in [2.24, 2.45) is 0 Å². The first kappa shape index (κ1) is 38.9. The molecular formula is C43H49O7PS. The van der Waals surface area contributed by atoms with Gasteiger partial charge in [-0.1, -0.05) is 84.9 Å². The van der Waals surface area contributed by atoms with Crippen LogP contribution >= 0.6 is 7.92 Å². The van der Waals surface area contributed by atoms with Gasteiger partial charge in [0.15, 0.2) is 0 Å². The molecule has 0 amide bonds. The average Bonchev–Trinajstić information content (AvgIpc) is 3.05. The van der Waals surface area contributed by atoms with Crippen molar-refractivity contribution in [3.8, 4) is 45.3 Å². The Kier molecular flexibility index (Phi) is 12.7. The van der Waals surface area contributed by atoms with Crippen molar-refractivity contribution in [3.63, 3.8) is 0 Å². The molecule has 274 valence electrons. The minimum atomic E-state index is -4.37. The minimum absolute atomic E-state index is 0.102. The second kappa shape index (κ2) is 17.0. The van der Waals surface area contributed by atoms with E-state index in [-0.39, 0.29) is 24.4 Å². The molecule has 0 saturated carbocycles. The molecule has 1 N–H and O–H groups in total. The Morgan fingerprint density at radius 1 is 0.481 bits per heavy atom. The van der Waals surface area contributed by atoms with E-state index in [0.29, 0.717) is 28.6 Å². The molecule has 0 saturated heterocycles. The minimum Gasteiger partial charge on any atom is -0.490 e. The maximum Gasteiger partial charge on any atom is 0.269 e. The molecule has 5 aromatic carbocycles. The highest BCUT2D eigenvalue weighted by molar-refractivity contribution is 7.85. The van der Waals surface area contributed by atoms with Crippen molar-refractivity contribution in [2.45, 2.75) is 85.6 Å². The Morgan fingerprint density at radius 2 is 0.808 bits per heavy atom. The summed E-state index contributed by atoms with van der Waals surface area (Å²) in [6, 6.07) is 35.4. The molecular weight excluding hydrogens is 692 g/mol. The fourth-order valence-corrected chi connectivity index (χ4v) is 9.69. The van der Waals surface area contributed by atoms with Gasteiger partial charge in [-0.25, -0.2) is 0 Å². The summed E-state index contributed by atoms with van der Waals surface area (Å²) in [4.78, 5) is 0. The first-order valence-electron chi connectivity index (χ1n) is 17.7. The molecule has 0 aliphatic rings. The molecule has 0 bridgehead atoms. The van der Waals surface area contributed by atoms with Gasteiger partial charge >= 0.3 is 0 Å². The summed E-state index contributed by atoms with van der Waals surface area (Å²) in [5.74, 6) is 2.18. The molecule has 52 heavy (non-hydrogen) atoms. The van der Waals surface area contributed by atoms with Crippen molar-refractivity contribution in [1.29, 1.82) is 0 Å². The summed E-state index contributed by atoms with van der Waals surface area (Å²) in [5.41, 5.74) is 3.91. The van der Waals surface area contributed by atoms with E-state index in [1.807, 2.05) is 128 Å². The van der Waals surface area contributed by atoms with Gasteiger partial charge in [0, 0.05) is 0 Å². The summed E-state index contributed by atoms with van der Waals surface area (Å²) in [5, 5.41) is 2.70. The summed E-state index contributed by atoms with van der Waals surface area (Å²) in [6.07, 6.45) is -0.408. The van der Waals surface area contributed by atoms with Crippen LogP contribution in [0.5, 0.6) is 23.0 Å². The second-order valence-electron chi connectivity index (χ2n) is 13.6. The van der Waals surface area contributed by atoms with Crippen LogP contribution in [0.25, 0.3) is 22.3 Å². The topological polar surface area (TPSA) is 91.3 Å². The van der Waals surface area contributed by atoms with Gasteiger partial charge in [0.25, 0.3) is 10.1 Å². The lowest BCUT2D eigenvalue weighted by Gasteiger charge is -2.29. The predicted molar refractivity (Wildman–Crippen MR) is 214 cm³/mol. The molecule has 0 atom stereocenters. The zero-order valence-corrected chi connectivity index (χ0v) is 32.9. The van der Waals surface area contributed by atoms with Gasteiger partial charge in [-0.05, 0) is 120 Å². The van der Waals surface area contributed by atoms with Gasteiger partial charge in [0.2, 0.25) is 0 Å². The van der Waals surface area contributed by atoms with Crippen LogP contribution < -0.4 is 34.9 Å². The lowest BCUT2D eigenvalue weighted by atomic mass is 10.0. The van der Waals surface area contributed by atoms with Gasteiger partial charge in [0.1, 0.15) is 28.8 Å². The lowest BCUT2D eigenvalue weighted by Crippen LogP contribution is -2.27. The Bertz CT molecular complexity index is 1920. The van der Waals surface area contributed by atoms with Crippen molar-refractivity contribution < 1.29 is 31.9 Å². The number of benzene rings is 5. The van der Waals surface area contributed by atoms with Crippen LogP contribution in [0.2, 0.25) is 0 Å². The Hall–Kier alpha value is -4.36. The van der Waals surface area contributed by atoms with Crippen molar-refractivity contribution in [2.75, 3.05) is 0 Å². The molecule has 0 radical (unpaired) electrons. The third-order valence-corrected chi connectivity index (χ3v) is 11.2. The molecule has 0 fully saturated rings. The van der Waals surface area contributed by atoms with Crippen LogP contribution in [0, 0.1) is 0 Å². The molecule has 0 unspecified atom stereocenters. The molecule has 5 aromatic rings. The molecule has 7 nitrogen and oxygen atoms in total. The van der Waals surface area contributed by atoms with Gasteiger partial charge < -0.3 is 18.9 Å². The third kappa shape index (κ3) is 9.54. The van der Waals surface area contributed by atoms with Crippen LogP contribution in [-0.4, -0.2) is 37.4 Å². The predicted octanol–water partition coefficient (Wildman–Crippen LogP) is 9.32. The number of hydrogen-bond acceptors (Lipinski definition) is 6. The maximum atomic E-state index is 12.5. The van der Waals surface area contributed by atoms with Crippen LogP contribution in [0.3, 0.4) is 0 Å². The van der Waals surface area contributed by atoms with E-state index in [9.17, 15) is 13.0 Å². The van der Waals surface area contributed by atoms with Crippen LogP contribution in [0.15, 0.2) is 109 Å². The van der Waals surface area contributed by atoms with Gasteiger partial charge in [-0.15, -0.1) is 0 Å². The van der Waals surface area contributed by atoms with Crippen LogP contribution in [0.1, 0.15) is 61.0 Å². The molecule has 0 aliphatic carbocycles. The molecule has 0 spiro atoms. The first-order valence-corrected chi connectivity index (χ1v) is 20.6. The smallest absolute Gasteiger partial charge is 0.269 e. The summed E-state index contributed by atoms with van der Waals surface area (Å²) < 4.78 is 61.0. The number of rotatable bonds is 15. The highest BCUT2D eigenvalue weighted by Crippen LogP contribution is 2.48. The molecule has 0 aliphatic heterocycles. The lowest BCUT2D eigenvalue weighted by molar-refractivity contribution is 0.230. The standard InChI is InChI=1S/C43H49O7PS/c1-28(2)47-35-20-15-21-36(48-29(3)4)42(35)33-18-10-13-25-40(33)51(39-24-12-9-17-32(39)27-52(44,45)46)41-26-14-11-19-34(41)43-37(49-30(5)6)22-16-23-38(43)50-31(7)8/h9-26,28-31H,27H2,1-8H3,(H,44,45,46). The largest absolute Gasteiger partial charge is 0.490 e. The second-order valence-corrected chi connectivity index (χ2v) is 17.2. The van der Waals surface area contributed by atoms with Crippen LogP contribution in [-0.2, 0) is 15.9 Å². The number of ether oxygens (including phenoxy) is 4. The van der Waals surface area contributed by atoms with Crippen molar-refractivity contribution in [3.05, 3.63) is 115 Å². The summed E-state index contributed by atoms with van der Waals surface area (Å²) >= 11 is 0. The monoisotopic (exact) mass is 740 g/mol. The van der Waals surface area contributed by atoms with Crippen molar-refractivity contribution in [1.82, 2.24) is 0 Å². The third-order valence-electron chi connectivity index (χ3n) is 7.83. The Labute approximate surface area is 310 Å². The van der Waals surface area contributed by atoms with E-state index in [4.69, 9.17) is 18.9 Å². The average molecular weight is 741 g/mol. The highest BCUT2D eigenvalue weighted by Gasteiger charge is 2.30. The fraction of sp³-hybridized carbons (Fsp3) is 0.302. The zero-order valence-electron chi connectivity index (χ0n) is 31.2. The van der Waals surface area contributed by atoms with E-state index in [1.54, 1.807) is 12.1 Å². The van der Waals surface area contributed by atoms with Crippen LogP contribution in [0.4, 0.5) is 0 Å². The zero-order chi connectivity index (χ0) is 37.6. The van der Waals surface area contributed by atoms with Crippen molar-refractivity contribution >= 4 is 34.0 Å². The SMILES string of the molecule is CC(C)Oc1cccc(OC(C)C)c1-c1ccccc1P(c1ccccc1CS(=O)(=O)O)c1ccccc1-c1c(OC(C)C)cccc1OC(C)C. The van der Waals surface area contributed by atoms with Gasteiger partial charge in [-0.3, -0.25) is 4.55 Å². The Morgan fingerprint density at radius 3 is 1.15 bits per heavy atom. The summed E-state index contributed by atoms with van der Waals surface area (Å²) in [6.45, 7) is 16.0. The highest BCUT2D eigenvalue weighted by atomic mass is 32.2. The van der Waals surface area contributed by atoms with E-state index in [0.717, 1.165) is 38.2 Å². The first-order chi connectivity index (χ1) is 24.7. The molecule has 0 aromatic heterocycles. The molecule has 9 heteroatoms. The van der Waals surface area contributed by atoms with Gasteiger partial charge in [-0.2, -0.15) is 8.42 Å². The summed E-state index contributed by atoms with van der Waals surface area (Å²) in [7, 11) is -5.91. The molecule has 0 heterocycles. The molecule has 5 rings (SSSR count). The Balaban J connectivity index is 1.92. The van der Waals surface area contributed by atoms with E-state index in [1.165, 1.54) is 0 Å². The quantitative estimate of drug-likeness (QED) is 0.0845. The van der Waals surface area contributed by atoms with E-state index in [2.05, 4.69) is 24.3 Å². The number of hydrogen-bond donors (Lipinski definition) is 1. The maximum absolute atomic E-state index is 12.5. The van der Waals surface area contributed by atoms with E-state index < -0.39 is 23.8 Å². The fourth-order valence-electron chi connectivity index (χ4n) is 6.16.